The SMILES string of the molecule is CCNCc1ccccc1-c1nccn1CC. The van der Waals surface area contributed by atoms with E-state index in [9.17, 15) is 0 Å². The second-order valence-electron chi connectivity index (χ2n) is 3.97. The van der Waals surface area contributed by atoms with Crippen molar-refractivity contribution in [2.24, 2.45) is 0 Å². The number of imidazole rings is 1. The summed E-state index contributed by atoms with van der Waals surface area (Å²) in [7, 11) is 0. The fourth-order valence-corrected chi connectivity index (χ4v) is 1.96. The van der Waals surface area contributed by atoms with Crippen LogP contribution in [0.2, 0.25) is 0 Å². The highest BCUT2D eigenvalue weighted by molar-refractivity contribution is 5.60. The van der Waals surface area contributed by atoms with Crippen LogP contribution < -0.4 is 5.32 Å². The van der Waals surface area contributed by atoms with Gasteiger partial charge in [-0.2, -0.15) is 0 Å². The van der Waals surface area contributed by atoms with E-state index < -0.39 is 0 Å². The average Bonchev–Trinajstić information content (AvgIpc) is 2.84. The average molecular weight is 229 g/mol. The maximum atomic E-state index is 4.46. The number of aryl methyl sites for hydroxylation is 1. The summed E-state index contributed by atoms with van der Waals surface area (Å²) in [5.41, 5.74) is 2.52. The molecule has 3 heteroatoms. The van der Waals surface area contributed by atoms with E-state index in [1.165, 1.54) is 11.1 Å². The van der Waals surface area contributed by atoms with Crippen LogP contribution in [0.1, 0.15) is 19.4 Å². The zero-order chi connectivity index (χ0) is 12.1. The van der Waals surface area contributed by atoms with E-state index in [4.69, 9.17) is 0 Å². The summed E-state index contributed by atoms with van der Waals surface area (Å²) in [6.45, 7) is 7.08. The minimum absolute atomic E-state index is 0.892. The fourth-order valence-electron chi connectivity index (χ4n) is 1.96. The highest BCUT2D eigenvalue weighted by atomic mass is 15.1. The Morgan fingerprint density at radius 3 is 2.82 bits per heavy atom. The van der Waals surface area contributed by atoms with Crippen molar-refractivity contribution in [2.45, 2.75) is 26.9 Å². The summed E-state index contributed by atoms with van der Waals surface area (Å²) in [4.78, 5) is 4.46. The molecule has 0 radical (unpaired) electrons. The summed E-state index contributed by atoms with van der Waals surface area (Å²) in [6, 6.07) is 8.45. The molecule has 2 aromatic rings. The number of rotatable bonds is 5. The molecule has 3 nitrogen and oxygen atoms in total. The zero-order valence-electron chi connectivity index (χ0n) is 10.5. The van der Waals surface area contributed by atoms with Crippen LogP contribution in [0.25, 0.3) is 11.4 Å². The van der Waals surface area contributed by atoms with Crippen LogP contribution in [0.15, 0.2) is 36.7 Å². The summed E-state index contributed by atoms with van der Waals surface area (Å²) < 4.78 is 2.17. The monoisotopic (exact) mass is 229 g/mol. The van der Waals surface area contributed by atoms with E-state index in [-0.39, 0.29) is 0 Å². The first-order chi connectivity index (χ1) is 8.36. The topological polar surface area (TPSA) is 29.9 Å². The van der Waals surface area contributed by atoms with Crippen molar-refractivity contribution in [1.82, 2.24) is 14.9 Å². The number of benzene rings is 1. The van der Waals surface area contributed by atoms with Crippen LogP contribution in [-0.2, 0) is 13.1 Å². The van der Waals surface area contributed by atoms with Crippen LogP contribution in [0, 0.1) is 0 Å². The Hall–Kier alpha value is -1.61. The van der Waals surface area contributed by atoms with Gasteiger partial charge in [0, 0.05) is 31.0 Å². The van der Waals surface area contributed by atoms with Gasteiger partial charge in [0.2, 0.25) is 0 Å². The molecule has 0 fully saturated rings. The Labute approximate surface area is 103 Å². The normalized spacial score (nSPS) is 10.7. The van der Waals surface area contributed by atoms with Gasteiger partial charge in [-0.15, -0.1) is 0 Å². The van der Waals surface area contributed by atoms with Crippen molar-refractivity contribution in [1.29, 1.82) is 0 Å². The van der Waals surface area contributed by atoms with Crippen molar-refractivity contribution < 1.29 is 0 Å². The molecule has 0 unspecified atom stereocenters. The molecule has 1 aromatic carbocycles. The predicted molar refractivity (Wildman–Crippen MR) is 70.7 cm³/mol. The second-order valence-corrected chi connectivity index (χ2v) is 3.97. The van der Waals surface area contributed by atoms with E-state index in [1.807, 2.05) is 12.4 Å². The van der Waals surface area contributed by atoms with Gasteiger partial charge in [0.1, 0.15) is 5.82 Å². The first kappa shape index (κ1) is 11.9. The first-order valence-corrected chi connectivity index (χ1v) is 6.17. The lowest BCUT2D eigenvalue weighted by Gasteiger charge is -2.10. The Bertz CT molecular complexity index is 474. The standard InChI is InChI=1S/C14H19N3/c1-3-15-11-12-7-5-6-8-13(12)14-16-9-10-17(14)4-2/h5-10,15H,3-4,11H2,1-2H3. The van der Waals surface area contributed by atoms with Crippen LogP contribution in [-0.4, -0.2) is 16.1 Å². The number of nitrogens with zero attached hydrogens (tertiary/aromatic N) is 2. The molecule has 1 heterocycles. The third kappa shape index (κ3) is 2.56. The van der Waals surface area contributed by atoms with Gasteiger partial charge in [0.25, 0.3) is 0 Å². The number of hydrogen-bond donors (Lipinski definition) is 1. The molecular weight excluding hydrogens is 210 g/mol. The highest BCUT2D eigenvalue weighted by Crippen LogP contribution is 2.22. The predicted octanol–water partition coefficient (Wildman–Crippen LogP) is 2.68. The Kier molecular flexibility index (Phi) is 3.94. The largest absolute Gasteiger partial charge is 0.331 e. The van der Waals surface area contributed by atoms with Crippen LogP contribution in [0.3, 0.4) is 0 Å². The van der Waals surface area contributed by atoms with E-state index in [1.54, 1.807) is 0 Å². The molecule has 0 amide bonds. The van der Waals surface area contributed by atoms with E-state index in [0.29, 0.717) is 0 Å². The maximum absolute atomic E-state index is 4.46. The minimum Gasteiger partial charge on any atom is -0.331 e. The number of hydrogen-bond acceptors (Lipinski definition) is 2. The van der Waals surface area contributed by atoms with Gasteiger partial charge in [-0.1, -0.05) is 31.2 Å². The molecule has 0 atom stereocenters. The molecule has 0 spiro atoms. The van der Waals surface area contributed by atoms with E-state index in [2.05, 4.69) is 53.0 Å². The second kappa shape index (κ2) is 5.64. The molecule has 2 rings (SSSR count). The van der Waals surface area contributed by atoms with Gasteiger partial charge >= 0.3 is 0 Å². The molecular formula is C14H19N3. The van der Waals surface area contributed by atoms with Crippen LogP contribution in [0.4, 0.5) is 0 Å². The maximum Gasteiger partial charge on any atom is 0.140 e. The molecule has 17 heavy (non-hydrogen) atoms. The van der Waals surface area contributed by atoms with Gasteiger partial charge in [0.15, 0.2) is 0 Å². The van der Waals surface area contributed by atoms with Gasteiger partial charge in [-0.3, -0.25) is 0 Å². The van der Waals surface area contributed by atoms with E-state index in [0.717, 1.165) is 25.5 Å². The van der Waals surface area contributed by atoms with Crippen LogP contribution in [0.5, 0.6) is 0 Å². The Morgan fingerprint density at radius 1 is 1.24 bits per heavy atom. The lowest BCUT2D eigenvalue weighted by Crippen LogP contribution is -2.13. The van der Waals surface area contributed by atoms with Crippen molar-refractivity contribution in [2.75, 3.05) is 6.54 Å². The molecule has 0 aliphatic rings. The fraction of sp³-hybridized carbons (Fsp3) is 0.357. The minimum atomic E-state index is 0.892. The third-order valence-corrected chi connectivity index (χ3v) is 2.88. The van der Waals surface area contributed by atoms with Gasteiger partial charge in [-0.25, -0.2) is 4.98 Å². The molecule has 0 saturated heterocycles. The quantitative estimate of drug-likeness (QED) is 0.854. The number of aromatic nitrogens is 2. The Balaban J connectivity index is 2.37. The van der Waals surface area contributed by atoms with Crippen molar-refractivity contribution in [3.63, 3.8) is 0 Å². The zero-order valence-corrected chi connectivity index (χ0v) is 10.5. The first-order valence-electron chi connectivity index (χ1n) is 6.17. The third-order valence-electron chi connectivity index (χ3n) is 2.88. The molecule has 0 aliphatic carbocycles. The van der Waals surface area contributed by atoms with Crippen molar-refractivity contribution >= 4 is 0 Å². The van der Waals surface area contributed by atoms with Gasteiger partial charge < -0.3 is 9.88 Å². The summed E-state index contributed by atoms with van der Waals surface area (Å²) in [5.74, 6) is 1.06. The summed E-state index contributed by atoms with van der Waals surface area (Å²) in [6.07, 6.45) is 3.89. The Morgan fingerprint density at radius 2 is 2.06 bits per heavy atom. The van der Waals surface area contributed by atoms with Gasteiger partial charge in [-0.05, 0) is 19.0 Å². The molecule has 0 bridgehead atoms. The number of nitrogens with one attached hydrogen (secondary N) is 1. The van der Waals surface area contributed by atoms with Gasteiger partial charge in [0.05, 0.1) is 0 Å². The summed E-state index contributed by atoms with van der Waals surface area (Å²) in [5, 5.41) is 3.37. The molecule has 0 saturated carbocycles. The lowest BCUT2D eigenvalue weighted by atomic mass is 10.1. The smallest absolute Gasteiger partial charge is 0.140 e. The molecule has 90 valence electrons. The lowest BCUT2D eigenvalue weighted by molar-refractivity contribution is 0.723. The molecule has 1 aromatic heterocycles. The highest BCUT2D eigenvalue weighted by Gasteiger charge is 2.08. The van der Waals surface area contributed by atoms with Crippen molar-refractivity contribution in [3.05, 3.63) is 42.2 Å². The summed E-state index contributed by atoms with van der Waals surface area (Å²) >= 11 is 0. The molecule has 0 aliphatic heterocycles. The van der Waals surface area contributed by atoms with Crippen LogP contribution >= 0.6 is 0 Å². The van der Waals surface area contributed by atoms with Crippen molar-refractivity contribution in [3.8, 4) is 11.4 Å². The van der Waals surface area contributed by atoms with E-state index >= 15 is 0 Å². The molecule has 1 N–H and O–H groups in total.